The molecule has 4 rings (SSSR count). The molecule has 1 aliphatic rings. The van der Waals surface area contributed by atoms with Gasteiger partial charge in [-0.3, -0.25) is 15.2 Å². The van der Waals surface area contributed by atoms with Crippen molar-refractivity contribution in [1.29, 1.82) is 5.26 Å². The first-order valence-corrected chi connectivity index (χ1v) is 9.64. The molecule has 11 heteroatoms. The summed E-state index contributed by atoms with van der Waals surface area (Å²) >= 11 is 0. The van der Waals surface area contributed by atoms with Crippen molar-refractivity contribution in [1.82, 2.24) is 10.2 Å². The number of hydrogen-bond acceptors (Lipinski definition) is 9. The summed E-state index contributed by atoms with van der Waals surface area (Å²) in [5.41, 5.74) is 8.05. The molecule has 0 spiro atoms. The summed E-state index contributed by atoms with van der Waals surface area (Å²) in [6.07, 6.45) is 0. The van der Waals surface area contributed by atoms with Crippen molar-refractivity contribution in [3.8, 4) is 40.5 Å². The molecule has 2 aromatic carbocycles. The number of nitro benzene ring substituents is 1. The van der Waals surface area contributed by atoms with E-state index in [1.165, 1.54) is 33.5 Å². The van der Waals surface area contributed by atoms with E-state index in [-0.39, 0.29) is 23.0 Å². The Balaban J connectivity index is 2.00. The molecule has 0 fully saturated rings. The Morgan fingerprint density at radius 2 is 1.94 bits per heavy atom. The zero-order valence-corrected chi connectivity index (χ0v) is 17.9. The number of non-ortho nitro benzene ring substituents is 1. The second-order valence-electron chi connectivity index (χ2n) is 6.97. The number of aromatic amines is 1. The van der Waals surface area contributed by atoms with Crippen LogP contribution < -0.4 is 24.7 Å². The Kier molecular flexibility index (Phi) is 5.49. The third-order valence-corrected chi connectivity index (χ3v) is 5.33. The maximum absolute atomic E-state index is 11.3. The SMILES string of the molecule is COc1ccc(C2C(C#N)=C(N)Oc3n[nH]c(-c4cccc([N+](=O)[O-])c4)c32)c(OC)c1OC. The molecule has 0 bridgehead atoms. The zero-order valence-electron chi connectivity index (χ0n) is 17.9. The molecule has 11 nitrogen and oxygen atoms in total. The topological polar surface area (TPSA) is 159 Å². The molecule has 1 atom stereocenters. The van der Waals surface area contributed by atoms with Crippen molar-refractivity contribution >= 4 is 5.69 Å². The predicted molar refractivity (Wildman–Crippen MR) is 116 cm³/mol. The number of nitrogens with one attached hydrogen (secondary N) is 1. The van der Waals surface area contributed by atoms with Crippen molar-refractivity contribution in [3.05, 3.63) is 69.1 Å². The average molecular weight is 449 g/mol. The lowest BCUT2D eigenvalue weighted by atomic mass is 9.82. The summed E-state index contributed by atoms with van der Waals surface area (Å²) in [5, 5.41) is 28.3. The van der Waals surface area contributed by atoms with Crippen LogP contribution in [0.5, 0.6) is 23.1 Å². The Hall–Kier alpha value is -4.72. The molecule has 33 heavy (non-hydrogen) atoms. The van der Waals surface area contributed by atoms with Gasteiger partial charge in [-0.25, -0.2) is 0 Å². The molecule has 2 heterocycles. The van der Waals surface area contributed by atoms with E-state index in [0.29, 0.717) is 39.6 Å². The summed E-state index contributed by atoms with van der Waals surface area (Å²) in [6.45, 7) is 0. The van der Waals surface area contributed by atoms with Crippen molar-refractivity contribution in [2.24, 2.45) is 5.73 Å². The van der Waals surface area contributed by atoms with Crippen LogP contribution in [0, 0.1) is 21.4 Å². The van der Waals surface area contributed by atoms with Crippen LogP contribution >= 0.6 is 0 Å². The molecule has 3 N–H and O–H groups in total. The zero-order chi connectivity index (χ0) is 23.7. The number of hydrogen-bond donors (Lipinski definition) is 2. The van der Waals surface area contributed by atoms with E-state index in [2.05, 4.69) is 16.3 Å². The second kappa shape index (κ2) is 8.43. The quantitative estimate of drug-likeness (QED) is 0.425. The average Bonchev–Trinajstić information content (AvgIpc) is 3.25. The predicted octanol–water partition coefficient (Wildman–Crippen LogP) is 3.23. The number of nitriles is 1. The standard InChI is InChI=1S/C22H19N5O6/c1-30-15-8-7-13(19(31-2)20(15)32-3)16-14(10-23)21(24)33-22-17(16)18(25-26-22)11-5-4-6-12(9-11)27(28)29/h4-9,16H,24H2,1-3H3,(H,25,26). The fourth-order valence-corrected chi connectivity index (χ4v) is 3.90. The van der Waals surface area contributed by atoms with E-state index in [1.54, 1.807) is 24.3 Å². The molecule has 1 unspecified atom stereocenters. The summed E-state index contributed by atoms with van der Waals surface area (Å²) < 4.78 is 22.1. The van der Waals surface area contributed by atoms with Gasteiger partial charge in [0, 0.05) is 23.3 Å². The number of nitrogens with two attached hydrogens (primary N) is 1. The van der Waals surface area contributed by atoms with Crippen LogP contribution in [0.2, 0.25) is 0 Å². The van der Waals surface area contributed by atoms with E-state index >= 15 is 0 Å². The summed E-state index contributed by atoms with van der Waals surface area (Å²) in [7, 11) is 4.44. The number of aromatic nitrogens is 2. The van der Waals surface area contributed by atoms with Crippen molar-refractivity contribution in [3.63, 3.8) is 0 Å². The first-order valence-electron chi connectivity index (χ1n) is 9.64. The first kappa shape index (κ1) is 21.5. The van der Waals surface area contributed by atoms with Gasteiger partial charge >= 0.3 is 0 Å². The minimum Gasteiger partial charge on any atom is -0.493 e. The summed E-state index contributed by atoms with van der Waals surface area (Å²) in [4.78, 5) is 10.8. The van der Waals surface area contributed by atoms with E-state index in [0.717, 1.165) is 0 Å². The number of H-pyrrole nitrogens is 1. The van der Waals surface area contributed by atoms with Gasteiger partial charge in [0.05, 0.1) is 43.4 Å². The van der Waals surface area contributed by atoms with Gasteiger partial charge in [0.1, 0.15) is 11.6 Å². The molecule has 0 saturated carbocycles. The van der Waals surface area contributed by atoms with Crippen molar-refractivity contribution in [2.75, 3.05) is 21.3 Å². The number of benzene rings is 2. The van der Waals surface area contributed by atoms with Crippen LogP contribution in [0.1, 0.15) is 17.0 Å². The van der Waals surface area contributed by atoms with Crippen LogP contribution in [-0.4, -0.2) is 36.5 Å². The van der Waals surface area contributed by atoms with Gasteiger partial charge in [-0.2, -0.15) is 5.26 Å². The fourth-order valence-electron chi connectivity index (χ4n) is 3.90. The van der Waals surface area contributed by atoms with Crippen LogP contribution in [0.15, 0.2) is 47.9 Å². The molecular formula is C22H19N5O6. The Labute approximate surface area is 188 Å². The lowest BCUT2D eigenvalue weighted by Crippen LogP contribution is -2.21. The van der Waals surface area contributed by atoms with Gasteiger partial charge in [0.2, 0.25) is 17.5 Å². The number of ether oxygens (including phenoxy) is 4. The fraction of sp³-hybridized carbons (Fsp3) is 0.182. The summed E-state index contributed by atoms with van der Waals surface area (Å²) in [6, 6.07) is 11.6. The molecule has 0 aliphatic carbocycles. The molecule has 0 amide bonds. The molecule has 3 aromatic rings. The lowest BCUT2D eigenvalue weighted by molar-refractivity contribution is -0.384. The minimum absolute atomic E-state index is 0.0941. The van der Waals surface area contributed by atoms with Crippen LogP contribution in [0.25, 0.3) is 11.3 Å². The molecule has 0 saturated heterocycles. The Morgan fingerprint density at radius 3 is 2.58 bits per heavy atom. The highest BCUT2D eigenvalue weighted by atomic mass is 16.6. The van der Waals surface area contributed by atoms with Gasteiger partial charge in [-0.15, -0.1) is 5.10 Å². The van der Waals surface area contributed by atoms with Gasteiger partial charge < -0.3 is 24.7 Å². The van der Waals surface area contributed by atoms with Crippen LogP contribution in [-0.2, 0) is 0 Å². The van der Waals surface area contributed by atoms with E-state index in [9.17, 15) is 15.4 Å². The highest BCUT2D eigenvalue weighted by Crippen LogP contribution is 2.51. The highest BCUT2D eigenvalue weighted by Gasteiger charge is 2.38. The van der Waals surface area contributed by atoms with E-state index in [4.69, 9.17) is 24.7 Å². The number of nitrogens with zero attached hydrogens (tertiary/aromatic N) is 3. The lowest BCUT2D eigenvalue weighted by Gasteiger charge is -2.26. The van der Waals surface area contributed by atoms with E-state index < -0.39 is 10.8 Å². The van der Waals surface area contributed by atoms with Gasteiger partial charge in [-0.1, -0.05) is 18.2 Å². The second-order valence-corrected chi connectivity index (χ2v) is 6.97. The largest absolute Gasteiger partial charge is 0.493 e. The van der Waals surface area contributed by atoms with Crippen molar-refractivity contribution < 1.29 is 23.9 Å². The van der Waals surface area contributed by atoms with Crippen LogP contribution in [0.4, 0.5) is 5.69 Å². The molecule has 168 valence electrons. The number of methoxy groups -OCH3 is 3. The molecular weight excluding hydrogens is 430 g/mol. The smallest absolute Gasteiger partial charge is 0.270 e. The molecule has 1 aliphatic heterocycles. The maximum Gasteiger partial charge on any atom is 0.270 e. The van der Waals surface area contributed by atoms with Crippen molar-refractivity contribution in [2.45, 2.75) is 5.92 Å². The number of rotatable bonds is 6. The normalized spacial score (nSPS) is 14.7. The maximum atomic E-state index is 11.3. The van der Waals surface area contributed by atoms with Gasteiger partial charge in [-0.05, 0) is 6.07 Å². The minimum atomic E-state index is -0.762. The molecule has 0 radical (unpaired) electrons. The monoisotopic (exact) mass is 449 g/mol. The Bertz CT molecular complexity index is 1320. The van der Waals surface area contributed by atoms with E-state index in [1.807, 2.05) is 0 Å². The number of nitro groups is 1. The van der Waals surface area contributed by atoms with Crippen LogP contribution in [0.3, 0.4) is 0 Å². The third-order valence-electron chi connectivity index (χ3n) is 5.33. The van der Waals surface area contributed by atoms with Gasteiger partial charge in [0.25, 0.3) is 5.69 Å². The third kappa shape index (κ3) is 3.43. The highest BCUT2D eigenvalue weighted by molar-refractivity contribution is 5.74. The Morgan fingerprint density at radius 1 is 1.18 bits per heavy atom. The van der Waals surface area contributed by atoms with Gasteiger partial charge in [0.15, 0.2) is 11.5 Å². The number of fused-ring (bicyclic) bond motifs is 1. The summed E-state index contributed by atoms with van der Waals surface area (Å²) in [5.74, 6) is 0.385. The molecule has 1 aromatic heterocycles. The number of allylic oxidation sites excluding steroid dienone is 1. The first-order chi connectivity index (χ1) is 15.9.